The predicted octanol–water partition coefficient (Wildman–Crippen LogP) is 3.07. The average Bonchev–Trinajstić information content (AvgIpc) is 2.83. The third-order valence-corrected chi connectivity index (χ3v) is 3.58. The van der Waals surface area contributed by atoms with Gasteiger partial charge in [0.1, 0.15) is 5.75 Å². The number of halogens is 1. The highest BCUT2D eigenvalue weighted by Gasteiger charge is 2.12. The van der Waals surface area contributed by atoms with E-state index in [1.165, 1.54) is 5.56 Å². The Bertz CT molecular complexity index is 524. The summed E-state index contributed by atoms with van der Waals surface area (Å²) in [7, 11) is 3.62. The van der Waals surface area contributed by atoms with Gasteiger partial charge in [0.2, 0.25) is 0 Å². The Labute approximate surface area is 119 Å². The van der Waals surface area contributed by atoms with Gasteiger partial charge in [-0.05, 0) is 42.5 Å². The molecule has 0 N–H and O–H groups in total. The van der Waals surface area contributed by atoms with Crippen molar-refractivity contribution in [2.45, 2.75) is 12.8 Å². The van der Waals surface area contributed by atoms with Crippen LogP contribution in [0.2, 0.25) is 0 Å². The van der Waals surface area contributed by atoms with E-state index < -0.39 is 0 Å². The summed E-state index contributed by atoms with van der Waals surface area (Å²) in [6.45, 7) is 0. The van der Waals surface area contributed by atoms with Crippen molar-refractivity contribution in [3.8, 4) is 5.75 Å². The summed E-state index contributed by atoms with van der Waals surface area (Å²) >= 11 is 6.08. The number of hydrogen-bond acceptors (Lipinski definition) is 2. The van der Waals surface area contributed by atoms with E-state index in [2.05, 4.69) is 17.2 Å². The minimum absolute atomic E-state index is 0.392. The molecule has 0 aliphatic carbocycles. The van der Waals surface area contributed by atoms with Gasteiger partial charge in [-0.1, -0.05) is 12.1 Å². The molecule has 102 valence electrons. The Kier molecular flexibility index (Phi) is 4.86. The summed E-state index contributed by atoms with van der Waals surface area (Å²) in [4.78, 5) is 0. The summed E-state index contributed by atoms with van der Waals surface area (Å²) in [6, 6.07) is 10.2. The monoisotopic (exact) mass is 278 g/mol. The summed E-state index contributed by atoms with van der Waals surface area (Å²) in [5.41, 5.74) is 2.34. The Morgan fingerprint density at radius 1 is 1.32 bits per heavy atom. The second kappa shape index (κ2) is 6.62. The van der Waals surface area contributed by atoms with Crippen molar-refractivity contribution in [2.75, 3.05) is 13.0 Å². The van der Waals surface area contributed by atoms with Crippen molar-refractivity contribution >= 4 is 11.6 Å². The highest BCUT2D eigenvalue weighted by molar-refractivity contribution is 6.18. The van der Waals surface area contributed by atoms with Crippen LogP contribution in [0, 0.1) is 5.92 Å². The van der Waals surface area contributed by atoms with Gasteiger partial charge in [-0.2, -0.15) is 5.10 Å². The lowest BCUT2D eigenvalue weighted by atomic mass is 9.96. The van der Waals surface area contributed by atoms with Gasteiger partial charge < -0.3 is 4.74 Å². The molecule has 19 heavy (non-hydrogen) atoms. The van der Waals surface area contributed by atoms with E-state index >= 15 is 0 Å². The van der Waals surface area contributed by atoms with Gasteiger partial charge in [0.25, 0.3) is 0 Å². The molecule has 0 bridgehead atoms. The number of hydrogen-bond donors (Lipinski definition) is 0. The molecule has 0 radical (unpaired) electrons. The highest BCUT2D eigenvalue weighted by Crippen LogP contribution is 2.19. The topological polar surface area (TPSA) is 27.1 Å². The van der Waals surface area contributed by atoms with E-state index in [1.54, 1.807) is 7.11 Å². The van der Waals surface area contributed by atoms with Crippen LogP contribution in [0.5, 0.6) is 5.75 Å². The molecule has 3 nitrogen and oxygen atoms in total. The molecule has 2 rings (SSSR count). The summed E-state index contributed by atoms with van der Waals surface area (Å²) in [5, 5.41) is 4.41. The normalized spacial score (nSPS) is 12.4. The summed E-state index contributed by atoms with van der Waals surface area (Å²) < 4.78 is 7.07. The summed E-state index contributed by atoms with van der Waals surface area (Å²) in [6.07, 6.45) is 3.81. The van der Waals surface area contributed by atoms with Gasteiger partial charge >= 0.3 is 0 Å². The maximum Gasteiger partial charge on any atom is 0.119 e. The van der Waals surface area contributed by atoms with Crippen LogP contribution in [0.1, 0.15) is 11.3 Å². The van der Waals surface area contributed by atoms with Crippen molar-refractivity contribution in [1.29, 1.82) is 0 Å². The molecule has 1 aromatic carbocycles. The van der Waals surface area contributed by atoms with Crippen LogP contribution in [0.25, 0.3) is 0 Å². The second-order valence-electron chi connectivity index (χ2n) is 4.76. The van der Waals surface area contributed by atoms with Crippen LogP contribution in [-0.4, -0.2) is 22.8 Å². The molecule has 1 heterocycles. The first kappa shape index (κ1) is 13.9. The van der Waals surface area contributed by atoms with Crippen LogP contribution in [-0.2, 0) is 19.9 Å². The number of benzene rings is 1. The maximum atomic E-state index is 6.08. The first-order valence-corrected chi connectivity index (χ1v) is 6.92. The van der Waals surface area contributed by atoms with Crippen LogP contribution in [0.15, 0.2) is 36.5 Å². The van der Waals surface area contributed by atoms with E-state index in [1.807, 2.05) is 36.1 Å². The number of aryl methyl sites for hydroxylation is 1. The number of ether oxygens (including phenoxy) is 1. The largest absolute Gasteiger partial charge is 0.497 e. The van der Waals surface area contributed by atoms with Gasteiger partial charge in [0.05, 0.1) is 12.8 Å². The van der Waals surface area contributed by atoms with Crippen LogP contribution in [0.3, 0.4) is 0 Å². The zero-order valence-electron chi connectivity index (χ0n) is 11.3. The van der Waals surface area contributed by atoms with Gasteiger partial charge in [-0.25, -0.2) is 0 Å². The van der Waals surface area contributed by atoms with E-state index in [0.29, 0.717) is 11.8 Å². The van der Waals surface area contributed by atoms with Gasteiger partial charge in [-0.15, -0.1) is 11.6 Å². The third-order valence-electron chi connectivity index (χ3n) is 3.14. The van der Waals surface area contributed by atoms with E-state index in [9.17, 15) is 0 Å². The van der Waals surface area contributed by atoms with Crippen LogP contribution in [0.4, 0.5) is 0 Å². The Morgan fingerprint density at radius 2 is 2.16 bits per heavy atom. The molecular weight excluding hydrogens is 260 g/mol. The van der Waals surface area contributed by atoms with Crippen molar-refractivity contribution in [3.63, 3.8) is 0 Å². The quantitative estimate of drug-likeness (QED) is 0.760. The molecular formula is C15H19ClN2O. The third kappa shape index (κ3) is 4.00. The molecule has 0 fully saturated rings. The second-order valence-corrected chi connectivity index (χ2v) is 5.07. The zero-order chi connectivity index (χ0) is 13.7. The van der Waals surface area contributed by atoms with Gasteiger partial charge in [0, 0.05) is 19.1 Å². The maximum absolute atomic E-state index is 6.08. The number of methoxy groups -OCH3 is 1. The lowest BCUT2D eigenvalue weighted by Crippen LogP contribution is -2.11. The lowest BCUT2D eigenvalue weighted by Gasteiger charge is -2.13. The molecule has 1 unspecified atom stereocenters. The number of nitrogens with zero attached hydrogens (tertiary/aromatic N) is 2. The van der Waals surface area contributed by atoms with Gasteiger partial charge in [0.15, 0.2) is 0 Å². The highest BCUT2D eigenvalue weighted by atomic mass is 35.5. The molecule has 1 aromatic heterocycles. The Balaban J connectivity index is 2.01. The molecule has 4 heteroatoms. The van der Waals surface area contributed by atoms with Crippen molar-refractivity contribution < 1.29 is 4.74 Å². The number of rotatable bonds is 6. The van der Waals surface area contributed by atoms with Crippen molar-refractivity contribution in [1.82, 2.24) is 9.78 Å². The number of aromatic nitrogens is 2. The number of alkyl halides is 1. The van der Waals surface area contributed by atoms with E-state index in [0.717, 1.165) is 24.3 Å². The Morgan fingerprint density at radius 3 is 2.79 bits per heavy atom. The smallest absolute Gasteiger partial charge is 0.119 e. The molecule has 0 aliphatic heterocycles. The molecule has 0 spiro atoms. The fourth-order valence-corrected chi connectivity index (χ4v) is 2.40. The SMILES string of the molecule is COc1cccc(CC(CCl)Cc2ccn(C)n2)c1. The molecule has 0 saturated carbocycles. The van der Waals surface area contributed by atoms with Gasteiger partial charge in [-0.3, -0.25) is 4.68 Å². The van der Waals surface area contributed by atoms with Crippen LogP contribution < -0.4 is 4.74 Å². The minimum Gasteiger partial charge on any atom is -0.497 e. The first-order chi connectivity index (χ1) is 9.21. The van der Waals surface area contributed by atoms with E-state index in [-0.39, 0.29) is 0 Å². The molecule has 0 amide bonds. The fourth-order valence-electron chi connectivity index (χ4n) is 2.18. The molecule has 2 aromatic rings. The van der Waals surface area contributed by atoms with Crippen LogP contribution >= 0.6 is 11.6 Å². The predicted molar refractivity (Wildman–Crippen MR) is 77.8 cm³/mol. The Hall–Kier alpha value is -1.48. The van der Waals surface area contributed by atoms with E-state index in [4.69, 9.17) is 16.3 Å². The standard InChI is InChI=1S/C15H19ClN2O/c1-18-7-6-14(17-18)9-13(11-16)8-12-4-3-5-15(10-12)19-2/h3-7,10,13H,8-9,11H2,1-2H3. The fraction of sp³-hybridized carbons (Fsp3) is 0.400. The van der Waals surface area contributed by atoms with Crippen molar-refractivity contribution in [3.05, 3.63) is 47.8 Å². The molecule has 1 atom stereocenters. The molecule has 0 aliphatic rings. The lowest BCUT2D eigenvalue weighted by molar-refractivity contribution is 0.414. The zero-order valence-corrected chi connectivity index (χ0v) is 12.1. The average molecular weight is 279 g/mol. The first-order valence-electron chi connectivity index (χ1n) is 6.38. The summed E-state index contributed by atoms with van der Waals surface area (Å²) in [5.74, 6) is 1.92. The minimum atomic E-state index is 0.392. The molecule has 0 saturated heterocycles. The van der Waals surface area contributed by atoms with Crippen molar-refractivity contribution in [2.24, 2.45) is 13.0 Å².